The van der Waals surface area contributed by atoms with Crippen molar-refractivity contribution in [2.24, 2.45) is 0 Å². The van der Waals surface area contributed by atoms with Crippen molar-refractivity contribution in [2.75, 3.05) is 25.0 Å². The van der Waals surface area contributed by atoms with E-state index in [0.717, 1.165) is 33.3 Å². The van der Waals surface area contributed by atoms with Gasteiger partial charge >= 0.3 is 12.2 Å². The van der Waals surface area contributed by atoms with E-state index in [2.05, 4.69) is 20.5 Å². The van der Waals surface area contributed by atoms with Crippen LogP contribution in [0.5, 0.6) is 0 Å². The lowest BCUT2D eigenvalue weighted by molar-refractivity contribution is -0.143. The Labute approximate surface area is 204 Å². The highest BCUT2D eigenvalue weighted by atomic mass is 19.4. The smallest absolute Gasteiger partial charge is 0.315 e. The molecule has 2 aliphatic rings. The summed E-state index contributed by atoms with van der Waals surface area (Å²) in [7, 11) is 0. The molecule has 6 rings (SSSR count). The van der Waals surface area contributed by atoms with Crippen molar-refractivity contribution in [3.8, 4) is 11.3 Å². The number of hydrogen-bond acceptors (Lipinski definition) is 4. The first-order valence-corrected chi connectivity index (χ1v) is 11.7. The van der Waals surface area contributed by atoms with Crippen molar-refractivity contribution in [3.63, 3.8) is 0 Å². The number of fused-ring (bicyclic) bond motifs is 2. The van der Waals surface area contributed by atoms with E-state index in [-0.39, 0.29) is 25.0 Å². The van der Waals surface area contributed by atoms with Crippen LogP contribution in [0.2, 0.25) is 0 Å². The Kier molecular flexibility index (Phi) is 5.40. The van der Waals surface area contributed by atoms with Gasteiger partial charge in [-0.05, 0) is 35.4 Å². The average molecular weight is 493 g/mol. The van der Waals surface area contributed by atoms with Gasteiger partial charge in [0.1, 0.15) is 5.69 Å². The highest BCUT2D eigenvalue weighted by molar-refractivity contribution is 6.00. The van der Waals surface area contributed by atoms with E-state index in [1.165, 1.54) is 4.90 Å². The Morgan fingerprint density at radius 1 is 1.03 bits per heavy atom. The summed E-state index contributed by atoms with van der Waals surface area (Å²) in [5.41, 5.74) is 4.97. The van der Waals surface area contributed by atoms with Gasteiger partial charge in [-0.3, -0.25) is 15.0 Å². The number of nitrogens with one attached hydrogen (secondary N) is 2. The molecule has 2 atom stereocenters. The summed E-state index contributed by atoms with van der Waals surface area (Å²) < 4.78 is 39.7. The van der Waals surface area contributed by atoms with Crippen LogP contribution in [0.15, 0.2) is 67.0 Å². The number of aromatic amines is 1. The molecule has 36 heavy (non-hydrogen) atoms. The molecule has 2 aromatic carbocycles. The van der Waals surface area contributed by atoms with Gasteiger partial charge < -0.3 is 10.2 Å². The summed E-state index contributed by atoms with van der Waals surface area (Å²) in [4.78, 5) is 20.3. The van der Waals surface area contributed by atoms with Crippen LogP contribution < -0.4 is 5.32 Å². The highest BCUT2D eigenvalue weighted by Gasteiger charge is 2.44. The number of nitrogens with zero attached hydrogens (tertiary/aromatic N) is 4. The standard InChI is InChI=1S/C26H23F3N6O/c27-26(28,29)15-34-13-20(16-4-2-1-3-5-16)23(14-34)35-12-18-10-19-22(11-21(18)31-25(35)36)32-33-24(19)17-6-8-30-9-7-17/h1-11,20,23H,12-15H2,(H,31,36)(H,32,33)/t20?,23-/m1/s1. The number of H-pyrrole nitrogens is 1. The number of amides is 2. The van der Waals surface area contributed by atoms with Crippen molar-refractivity contribution in [3.05, 3.63) is 78.1 Å². The topological polar surface area (TPSA) is 77.1 Å². The van der Waals surface area contributed by atoms with Crippen LogP contribution in [0.25, 0.3) is 22.2 Å². The van der Waals surface area contributed by atoms with Crippen LogP contribution in [-0.2, 0) is 6.54 Å². The number of benzene rings is 2. The van der Waals surface area contributed by atoms with E-state index < -0.39 is 18.8 Å². The van der Waals surface area contributed by atoms with Crippen molar-refractivity contribution in [1.82, 2.24) is 25.0 Å². The van der Waals surface area contributed by atoms with Crippen LogP contribution in [0.3, 0.4) is 0 Å². The quantitative estimate of drug-likeness (QED) is 0.420. The monoisotopic (exact) mass is 492 g/mol. The largest absolute Gasteiger partial charge is 0.401 e. The first kappa shape index (κ1) is 22.5. The Balaban J connectivity index is 1.35. The predicted molar refractivity (Wildman–Crippen MR) is 129 cm³/mol. The number of likely N-dealkylation sites (tertiary alicyclic amines) is 1. The first-order chi connectivity index (χ1) is 17.4. The normalized spacial score (nSPS) is 20.5. The summed E-state index contributed by atoms with van der Waals surface area (Å²) in [6, 6.07) is 16.4. The predicted octanol–water partition coefficient (Wildman–Crippen LogP) is 5.00. The second-order valence-electron chi connectivity index (χ2n) is 9.31. The van der Waals surface area contributed by atoms with Crippen LogP contribution in [0.4, 0.5) is 23.7 Å². The molecular formula is C26H23F3N6O. The van der Waals surface area contributed by atoms with E-state index in [4.69, 9.17) is 0 Å². The first-order valence-electron chi connectivity index (χ1n) is 11.7. The summed E-state index contributed by atoms with van der Waals surface area (Å²) >= 11 is 0. The van der Waals surface area contributed by atoms with Crippen LogP contribution >= 0.6 is 0 Å². The zero-order chi connectivity index (χ0) is 24.9. The second kappa shape index (κ2) is 8.63. The molecule has 1 unspecified atom stereocenters. The molecule has 184 valence electrons. The van der Waals surface area contributed by atoms with Gasteiger partial charge in [0, 0.05) is 54.6 Å². The van der Waals surface area contributed by atoms with E-state index in [9.17, 15) is 18.0 Å². The molecule has 0 bridgehead atoms. The van der Waals surface area contributed by atoms with Gasteiger partial charge in [0.05, 0.1) is 18.1 Å². The minimum Gasteiger partial charge on any atom is -0.315 e. The summed E-state index contributed by atoms with van der Waals surface area (Å²) in [6.07, 6.45) is -0.900. The maximum atomic E-state index is 13.2. The Hall–Kier alpha value is -3.92. The molecule has 0 aliphatic carbocycles. The zero-order valence-corrected chi connectivity index (χ0v) is 19.2. The van der Waals surface area contributed by atoms with Crippen LogP contribution in [-0.4, -0.2) is 62.9 Å². The van der Waals surface area contributed by atoms with Crippen molar-refractivity contribution in [1.29, 1.82) is 0 Å². The molecule has 10 heteroatoms. The number of rotatable bonds is 4. The number of carbonyl (C=O) groups excluding carboxylic acids is 1. The molecule has 2 aromatic heterocycles. The molecule has 2 N–H and O–H groups in total. The van der Waals surface area contributed by atoms with Gasteiger partial charge in [0.15, 0.2) is 0 Å². The zero-order valence-electron chi connectivity index (χ0n) is 19.2. The molecule has 1 saturated heterocycles. The lowest BCUT2D eigenvalue weighted by Crippen LogP contribution is -2.48. The fourth-order valence-electron chi connectivity index (χ4n) is 5.39. The molecule has 4 aromatic rings. The molecule has 2 amide bonds. The Morgan fingerprint density at radius 2 is 1.81 bits per heavy atom. The lowest BCUT2D eigenvalue weighted by Gasteiger charge is -2.36. The Bertz CT molecular complexity index is 1410. The number of hydrogen-bond donors (Lipinski definition) is 2. The van der Waals surface area contributed by atoms with Gasteiger partial charge in [-0.2, -0.15) is 18.3 Å². The number of urea groups is 1. The number of aromatic nitrogens is 3. The molecule has 0 radical (unpaired) electrons. The third kappa shape index (κ3) is 4.17. The average Bonchev–Trinajstić information content (AvgIpc) is 3.46. The third-order valence-corrected chi connectivity index (χ3v) is 6.98. The van der Waals surface area contributed by atoms with Crippen LogP contribution in [0.1, 0.15) is 17.0 Å². The van der Waals surface area contributed by atoms with Gasteiger partial charge in [-0.25, -0.2) is 4.79 Å². The highest BCUT2D eigenvalue weighted by Crippen LogP contribution is 2.38. The van der Waals surface area contributed by atoms with Crippen molar-refractivity contribution < 1.29 is 18.0 Å². The van der Waals surface area contributed by atoms with E-state index >= 15 is 0 Å². The Morgan fingerprint density at radius 3 is 2.56 bits per heavy atom. The van der Waals surface area contributed by atoms with Crippen LogP contribution in [0, 0.1) is 0 Å². The number of carbonyl (C=O) groups is 1. The van der Waals surface area contributed by atoms with E-state index in [0.29, 0.717) is 12.2 Å². The van der Waals surface area contributed by atoms with Gasteiger partial charge in [-0.1, -0.05) is 30.3 Å². The van der Waals surface area contributed by atoms with Crippen molar-refractivity contribution in [2.45, 2.75) is 24.7 Å². The molecule has 7 nitrogen and oxygen atoms in total. The summed E-state index contributed by atoms with van der Waals surface area (Å²) in [5, 5.41) is 11.3. The van der Waals surface area contributed by atoms with E-state index in [1.54, 1.807) is 17.3 Å². The van der Waals surface area contributed by atoms with Gasteiger partial charge in [0.25, 0.3) is 0 Å². The SMILES string of the molecule is O=C1Nc2cc3[nH]nc(-c4ccncc4)c3cc2CN1[C@@H]1CN(CC(F)(F)F)CC1c1ccccc1. The summed E-state index contributed by atoms with van der Waals surface area (Å²) in [5.74, 6) is -0.231. The lowest BCUT2D eigenvalue weighted by atomic mass is 9.92. The summed E-state index contributed by atoms with van der Waals surface area (Å²) in [6.45, 7) is -0.314. The fraction of sp³-hybridized carbons (Fsp3) is 0.269. The number of pyridine rings is 1. The second-order valence-corrected chi connectivity index (χ2v) is 9.31. The maximum absolute atomic E-state index is 13.2. The number of alkyl halides is 3. The van der Waals surface area contributed by atoms with E-state index in [1.807, 2.05) is 54.6 Å². The molecule has 2 aliphatic heterocycles. The molecule has 4 heterocycles. The molecule has 0 spiro atoms. The van der Waals surface area contributed by atoms with Gasteiger partial charge in [0.2, 0.25) is 0 Å². The molecular weight excluding hydrogens is 469 g/mol. The number of halogens is 3. The fourth-order valence-corrected chi connectivity index (χ4v) is 5.39. The minimum absolute atomic E-state index is 0.151. The van der Waals surface area contributed by atoms with Crippen molar-refractivity contribution >= 4 is 22.6 Å². The molecule has 1 fully saturated rings. The third-order valence-electron chi connectivity index (χ3n) is 6.98. The maximum Gasteiger partial charge on any atom is 0.401 e. The minimum atomic E-state index is -4.30. The molecule has 0 saturated carbocycles. The number of anilines is 1. The van der Waals surface area contributed by atoms with Gasteiger partial charge in [-0.15, -0.1) is 0 Å².